The Hall–Kier alpha value is -3.09. The third kappa shape index (κ3) is 3.55. The van der Waals surface area contributed by atoms with Crippen LogP contribution in [0.2, 0.25) is 5.02 Å². The number of benzene rings is 3. The van der Waals surface area contributed by atoms with Crippen LogP contribution in [0.3, 0.4) is 0 Å². The molecule has 3 rings (SSSR count). The van der Waals surface area contributed by atoms with E-state index in [2.05, 4.69) is 0 Å². The number of carbonyl (C=O) groups is 1. The van der Waals surface area contributed by atoms with Crippen molar-refractivity contribution in [3.8, 4) is 6.07 Å². The zero-order valence-corrected chi connectivity index (χ0v) is 14.1. The molecular formula is C21H15ClN2O. The van der Waals surface area contributed by atoms with Crippen molar-refractivity contribution >= 4 is 34.4 Å². The molecule has 0 aliphatic rings. The first-order valence-electron chi connectivity index (χ1n) is 7.76. The average molecular weight is 347 g/mol. The van der Waals surface area contributed by atoms with Crippen LogP contribution in [0.5, 0.6) is 0 Å². The van der Waals surface area contributed by atoms with Crippen molar-refractivity contribution in [2.24, 2.45) is 5.73 Å². The van der Waals surface area contributed by atoms with Crippen LogP contribution in [0.4, 0.5) is 0 Å². The molecule has 3 nitrogen and oxygen atoms in total. The van der Waals surface area contributed by atoms with Crippen LogP contribution in [0.25, 0.3) is 16.8 Å². The van der Waals surface area contributed by atoms with Crippen molar-refractivity contribution in [3.63, 3.8) is 0 Å². The first-order chi connectivity index (χ1) is 12.1. The Morgan fingerprint density at radius 2 is 1.76 bits per heavy atom. The number of hydrogen-bond acceptors (Lipinski definition) is 2. The third-order valence-corrected chi connectivity index (χ3v) is 4.44. The SMILES string of the molecule is N#C/C(=C\c1c(Cc2ccccc2Cl)ccc2ccccc12)C(N)=O. The van der Waals surface area contributed by atoms with Gasteiger partial charge in [0.2, 0.25) is 0 Å². The Kier molecular flexibility index (Phi) is 4.83. The highest BCUT2D eigenvalue weighted by molar-refractivity contribution is 6.31. The van der Waals surface area contributed by atoms with Crippen LogP contribution < -0.4 is 5.73 Å². The Morgan fingerprint density at radius 3 is 2.48 bits per heavy atom. The van der Waals surface area contributed by atoms with Gasteiger partial charge >= 0.3 is 0 Å². The predicted octanol–water partition coefficient (Wildman–Crippen LogP) is 4.48. The van der Waals surface area contributed by atoms with E-state index in [0.717, 1.165) is 27.5 Å². The van der Waals surface area contributed by atoms with Gasteiger partial charge in [0, 0.05) is 5.02 Å². The van der Waals surface area contributed by atoms with Crippen molar-refractivity contribution in [2.45, 2.75) is 6.42 Å². The largest absolute Gasteiger partial charge is 0.365 e. The van der Waals surface area contributed by atoms with E-state index in [0.29, 0.717) is 11.4 Å². The number of halogens is 1. The van der Waals surface area contributed by atoms with Crippen molar-refractivity contribution in [3.05, 3.63) is 87.9 Å². The monoisotopic (exact) mass is 346 g/mol. The van der Waals surface area contributed by atoms with E-state index in [1.165, 1.54) is 0 Å². The number of nitriles is 1. The molecule has 0 unspecified atom stereocenters. The van der Waals surface area contributed by atoms with Crippen LogP contribution in [-0.2, 0) is 11.2 Å². The summed E-state index contributed by atoms with van der Waals surface area (Å²) in [5, 5.41) is 11.9. The molecule has 0 atom stereocenters. The number of fused-ring (bicyclic) bond motifs is 1. The summed E-state index contributed by atoms with van der Waals surface area (Å²) in [7, 11) is 0. The van der Waals surface area contributed by atoms with Crippen LogP contribution in [0.1, 0.15) is 16.7 Å². The van der Waals surface area contributed by atoms with Gasteiger partial charge in [0.15, 0.2) is 0 Å². The minimum absolute atomic E-state index is 0.0724. The Labute approximate surface area is 151 Å². The summed E-state index contributed by atoms with van der Waals surface area (Å²) in [5.41, 5.74) is 8.01. The molecule has 3 aromatic rings. The topological polar surface area (TPSA) is 66.9 Å². The second-order valence-electron chi connectivity index (χ2n) is 5.66. The molecule has 0 aromatic heterocycles. The number of amides is 1. The third-order valence-electron chi connectivity index (χ3n) is 4.07. The highest BCUT2D eigenvalue weighted by Crippen LogP contribution is 2.28. The molecule has 0 radical (unpaired) electrons. The van der Waals surface area contributed by atoms with Crippen molar-refractivity contribution in [1.29, 1.82) is 5.26 Å². The van der Waals surface area contributed by atoms with Gasteiger partial charge in [0.05, 0.1) is 0 Å². The molecule has 25 heavy (non-hydrogen) atoms. The molecule has 1 amide bonds. The molecule has 0 bridgehead atoms. The van der Waals surface area contributed by atoms with Gasteiger partial charge in [-0.2, -0.15) is 5.26 Å². The molecule has 0 saturated heterocycles. The lowest BCUT2D eigenvalue weighted by Crippen LogP contribution is -2.12. The summed E-state index contributed by atoms with van der Waals surface area (Å²) in [6, 6.07) is 21.3. The minimum atomic E-state index is -0.737. The Bertz CT molecular complexity index is 1030. The molecule has 0 spiro atoms. The smallest absolute Gasteiger partial charge is 0.259 e. The van der Waals surface area contributed by atoms with Gasteiger partial charge in [-0.3, -0.25) is 4.79 Å². The minimum Gasteiger partial charge on any atom is -0.365 e. The van der Waals surface area contributed by atoms with Gasteiger partial charge < -0.3 is 5.73 Å². The van der Waals surface area contributed by atoms with E-state index in [9.17, 15) is 10.1 Å². The number of carbonyl (C=O) groups excluding carboxylic acids is 1. The van der Waals surface area contributed by atoms with Crippen LogP contribution in [0.15, 0.2) is 66.2 Å². The van der Waals surface area contributed by atoms with E-state index in [4.69, 9.17) is 17.3 Å². The number of primary amides is 1. The van der Waals surface area contributed by atoms with E-state index >= 15 is 0 Å². The first kappa shape index (κ1) is 16.8. The van der Waals surface area contributed by atoms with Crippen LogP contribution in [-0.4, -0.2) is 5.91 Å². The zero-order valence-electron chi connectivity index (χ0n) is 13.4. The predicted molar refractivity (Wildman–Crippen MR) is 101 cm³/mol. The molecule has 3 aromatic carbocycles. The summed E-state index contributed by atoms with van der Waals surface area (Å²) in [6.07, 6.45) is 2.16. The molecule has 4 heteroatoms. The Morgan fingerprint density at radius 1 is 1.04 bits per heavy atom. The Balaban J connectivity index is 2.22. The lowest BCUT2D eigenvalue weighted by atomic mass is 9.93. The quantitative estimate of drug-likeness (QED) is 0.559. The van der Waals surface area contributed by atoms with Gasteiger partial charge in [0.25, 0.3) is 5.91 Å². The van der Waals surface area contributed by atoms with E-state index in [1.807, 2.05) is 66.7 Å². The van der Waals surface area contributed by atoms with Gasteiger partial charge in [-0.25, -0.2) is 0 Å². The number of nitrogens with zero attached hydrogens (tertiary/aromatic N) is 1. The number of nitrogens with two attached hydrogens (primary N) is 1. The molecule has 122 valence electrons. The van der Waals surface area contributed by atoms with Gasteiger partial charge in [-0.05, 0) is 46.0 Å². The molecule has 0 aliphatic carbocycles. The molecule has 0 fully saturated rings. The van der Waals surface area contributed by atoms with Crippen molar-refractivity contribution < 1.29 is 4.79 Å². The lowest BCUT2D eigenvalue weighted by Gasteiger charge is -2.12. The molecular weight excluding hydrogens is 332 g/mol. The summed E-state index contributed by atoms with van der Waals surface area (Å²) >= 11 is 6.29. The normalized spacial score (nSPS) is 11.3. The highest BCUT2D eigenvalue weighted by atomic mass is 35.5. The fourth-order valence-corrected chi connectivity index (χ4v) is 3.02. The summed E-state index contributed by atoms with van der Waals surface area (Å²) in [5.74, 6) is -0.737. The maximum Gasteiger partial charge on any atom is 0.259 e. The maximum atomic E-state index is 11.5. The molecule has 0 saturated carbocycles. The first-order valence-corrected chi connectivity index (χ1v) is 8.13. The summed E-state index contributed by atoms with van der Waals surface area (Å²) in [6.45, 7) is 0. The lowest BCUT2D eigenvalue weighted by molar-refractivity contribution is -0.114. The van der Waals surface area contributed by atoms with E-state index in [1.54, 1.807) is 6.08 Å². The van der Waals surface area contributed by atoms with E-state index < -0.39 is 5.91 Å². The van der Waals surface area contributed by atoms with E-state index in [-0.39, 0.29) is 5.57 Å². The molecule has 0 aliphatic heterocycles. The van der Waals surface area contributed by atoms with Crippen molar-refractivity contribution in [1.82, 2.24) is 0 Å². The highest BCUT2D eigenvalue weighted by Gasteiger charge is 2.11. The van der Waals surface area contributed by atoms with Gasteiger partial charge in [0.1, 0.15) is 11.6 Å². The molecule has 2 N–H and O–H groups in total. The summed E-state index contributed by atoms with van der Waals surface area (Å²) in [4.78, 5) is 11.5. The van der Waals surface area contributed by atoms with Crippen LogP contribution >= 0.6 is 11.6 Å². The number of rotatable bonds is 4. The second-order valence-corrected chi connectivity index (χ2v) is 6.07. The molecule has 0 heterocycles. The van der Waals surface area contributed by atoms with Gasteiger partial charge in [-0.1, -0.05) is 66.2 Å². The second kappa shape index (κ2) is 7.21. The van der Waals surface area contributed by atoms with Gasteiger partial charge in [-0.15, -0.1) is 0 Å². The van der Waals surface area contributed by atoms with Crippen molar-refractivity contribution in [2.75, 3.05) is 0 Å². The van der Waals surface area contributed by atoms with Crippen LogP contribution in [0, 0.1) is 11.3 Å². The zero-order chi connectivity index (χ0) is 17.8. The fraction of sp³-hybridized carbons (Fsp3) is 0.0476. The standard InChI is InChI=1S/C21H15ClN2O/c22-20-8-4-2-6-16(20)11-15-10-9-14-5-1-3-7-18(14)19(15)12-17(13-23)21(24)25/h1-10,12H,11H2,(H2,24,25)/b17-12+. The maximum absolute atomic E-state index is 11.5. The number of hydrogen-bond donors (Lipinski definition) is 1. The average Bonchev–Trinajstić information content (AvgIpc) is 2.62. The summed E-state index contributed by atoms with van der Waals surface area (Å²) < 4.78 is 0. The fourth-order valence-electron chi connectivity index (χ4n) is 2.82.